The molecule has 1 aromatic carbocycles. The Kier molecular flexibility index (Phi) is 5.39. The predicted octanol–water partition coefficient (Wildman–Crippen LogP) is 2.77. The first kappa shape index (κ1) is 16.7. The van der Waals surface area contributed by atoms with Gasteiger partial charge in [-0.1, -0.05) is 0 Å². The molecule has 1 aromatic rings. The lowest BCUT2D eigenvalue weighted by molar-refractivity contribution is -0.148. The van der Waals surface area contributed by atoms with Crippen LogP contribution in [0.4, 0.5) is 8.78 Å². The predicted molar refractivity (Wildman–Crippen MR) is 78.6 cm³/mol. The van der Waals surface area contributed by atoms with Gasteiger partial charge in [-0.3, -0.25) is 9.59 Å². The van der Waals surface area contributed by atoms with Crippen molar-refractivity contribution < 1.29 is 23.5 Å². The fourth-order valence-corrected chi connectivity index (χ4v) is 3.43. The van der Waals surface area contributed by atoms with Crippen LogP contribution in [0.2, 0.25) is 0 Å². The Balaban J connectivity index is 1.96. The number of rotatable bonds is 4. The molecular formula is C15H17F2NO3S. The molecule has 0 saturated carbocycles. The summed E-state index contributed by atoms with van der Waals surface area (Å²) in [6, 6.07) is 3.12. The molecule has 7 heteroatoms. The van der Waals surface area contributed by atoms with Gasteiger partial charge in [0, 0.05) is 17.5 Å². The van der Waals surface area contributed by atoms with Crippen LogP contribution in [0.15, 0.2) is 23.1 Å². The molecule has 0 unspecified atom stereocenters. The van der Waals surface area contributed by atoms with Gasteiger partial charge in [0.05, 0.1) is 11.7 Å². The van der Waals surface area contributed by atoms with Crippen LogP contribution in [0.25, 0.3) is 0 Å². The quantitative estimate of drug-likeness (QED) is 0.863. The summed E-state index contributed by atoms with van der Waals surface area (Å²) in [7, 11) is 0. The van der Waals surface area contributed by atoms with E-state index in [9.17, 15) is 18.4 Å². The van der Waals surface area contributed by atoms with E-state index in [0.717, 1.165) is 23.9 Å². The van der Waals surface area contributed by atoms with Crippen LogP contribution in [-0.2, 0) is 9.59 Å². The number of thioether (sulfide) groups is 1. The van der Waals surface area contributed by atoms with E-state index in [0.29, 0.717) is 24.3 Å². The molecule has 1 amide bonds. The molecule has 2 rings (SSSR count). The SMILES string of the molecule is C[C@@H]1[C@H](C(=O)O)CCCN1C(=O)CSc1ccc(F)c(F)c1. The maximum atomic E-state index is 13.1. The number of nitrogens with zero attached hydrogens (tertiary/aromatic N) is 1. The summed E-state index contributed by atoms with van der Waals surface area (Å²) in [5.74, 6) is -3.43. The van der Waals surface area contributed by atoms with Crippen LogP contribution in [0.3, 0.4) is 0 Å². The third-order valence-electron chi connectivity index (χ3n) is 3.88. The number of piperidine rings is 1. The van der Waals surface area contributed by atoms with Gasteiger partial charge in [0.2, 0.25) is 5.91 Å². The first-order valence-electron chi connectivity index (χ1n) is 7.00. The first-order chi connectivity index (χ1) is 10.4. The number of hydrogen-bond donors (Lipinski definition) is 1. The van der Waals surface area contributed by atoms with E-state index >= 15 is 0 Å². The maximum absolute atomic E-state index is 13.1. The third-order valence-corrected chi connectivity index (χ3v) is 4.86. The van der Waals surface area contributed by atoms with E-state index in [1.165, 1.54) is 6.07 Å². The highest BCUT2D eigenvalue weighted by atomic mass is 32.2. The van der Waals surface area contributed by atoms with E-state index in [2.05, 4.69) is 0 Å². The Hall–Kier alpha value is -1.63. The molecule has 1 N–H and O–H groups in total. The Morgan fingerprint density at radius 2 is 2.09 bits per heavy atom. The van der Waals surface area contributed by atoms with E-state index < -0.39 is 23.5 Å². The summed E-state index contributed by atoms with van der Waals surface area (Å²) in [5.41, 5.74) is 0. The molecule has 0 bridgehead atoms. The highest BCUT2D eigenvalue weighted by Gasteiger charge is 2.35. The zero-order chi connectivity index (χ0) is 16.3. The summed E-state index contributed by atoms with van der Waals surface area (Å²) in [4.78, 5) is 25.4. The normalized spacial score (nSPS) is 21.7. The van der Waals surface area contributed by atoms with Crippen LogP contribution >= 0.6 is 11.8 Å². The standard InChI is InChI=1S/C15H17F2NO3S/c1-9-11(15(20)21)3-2-6-18(9)14(19)8-22-10-4-5-12(16)13(17)7-10/h4-5,7,9,11H,2-3,6,8H2,1H3,(H,20,21)/t9-,11-/m1/s1. The Labute approximate surface area is 131 Å². The van der Waals surface area contributed by atoms with Gasteiger partial charge in [-0.05, 0) is 38.0 Å². The fraction of sp³-hybridized carbons (Fsp3) is 0.467. The van der Waals surface area contributed by atoms with Gasteiger partial charge in [0.25, 0.3) is 0 Å². The largest absolute Gasteiger partial charge is 0.481 e. The van der Waals surface area contributed by atoms with Crippen LogP contribution in [0.1, 0.15) is 19.8 Å². The minimum Gasteiger partial charge on any atom is -0.481 e. The number of carboxylic acids is 1. The van der Waals surface area contributed by atoms with Gasteiger partial charge in [-0.15, -0.1) is 11.8 Å². The Morgan fingerprint density at radius 3 is 2.73 bits per heavy atom. The third kappa shape index (κ3) is 3.76. The molecule has 22 heavy (non-hydrogen) atoms. The average Bonchev–Trinajstić information content (AvgIpc) is 2.48. The van der Waals surface area contributed by atoms with Crippen molar-refractivity contribution in [2.45, 2.75) is 30.7 Å². The number of likely N-dealkylation sites (tertiary alicyclic amines) is 1. The van der Waals surface area contributed by atoms with Gasteiger partial charge in [-0.2, -0.15) is 0 Å². The monoisotopic (exact) mass is 329 g/mol. The van der Waals surface area contributed by atoms with Crippen LogP contribution in [0, 0.1) is 17.6 Å². The summed E-state index contributed by atoms with van der Waals surface area (Å²) in [5, 5.41) is 9.15. The van der Waals surface area contributed by atoms with Crippen molar-refractivity contribution in [3.63, 3.8) is 0 Å². The van der Waals surface area contributed by atoms with Crippen molar-refractivity contribution in [2.75, 3.05) is 12.3 Å². The highest BCUT2D eigenvalue weighted by Crippen LogP contribution is 2.26. The lowest BCUT2D eigenvalue weighted by atomic mass is 9.90. The van der Waals surface area contributed by atoms with Crippen molar-refractivity contribution in [2.24, 2.45) is 5.92 Å². The molecule has 0 aliphatic carbocycles. The molecule has 1 heterocycles. The molecule has 0 radical (unpaired) electrons. The Bertz CT molecular complexity index is 582. The molecule has 1 aliphatic heterocycles. The van der Waals surface area contributed by atoms with Crippen molar-refractivity contribution in [1.29, 1.82) is 0 Å². The molecule has 4 nitrogen and oxygen atoms in total. The van der Waals surface area contributed by atoms with E-state index in [1.807, 2.05) is 0 Å². The number of amides is 1. The van der Waals surface area contributed by atoms with E-state index in [-0.39, 0.29) is 17.7 Å². The average molecular weight is 329 g/mol. The second-order valence-corrected chi connectivity index (χ2v) is 6.33. The number of carboxylic acid groups (broad SMARTS) is 1. The van der Waals surface area contributed by atoms with Gasteiger partial charge in [-0.25, -0.2) is 8.78 Å². The van der Waals surface area contributed by atoms with Crippen molar-refractivity contribution in [1.82, 2.24) is 4.90 Å². The topological polar surface area (TPSA) is 57.6 Å². The zero-order valence-electron chi connectivity index (χ0n) is 12.1. The summed E-state index contributed by atoms with van der Waals surface area (Å²) in [6.45, 7) is 2.26. The minimum absolute atomic E-state index is 0.0712. The van der Waals surface area contributed by atoms with Gasteiger partial charge < -0.3 is 10.0 Å². The van der Waals surface area contributed by atoms with Gasteiger partial charge >= 0.3 is 5.97 Å². The van der Waals surface area contributed by atoms with Crippen LogP contribution in [-0.4, -0.2) is 40.2 Å². The number of carbonyl (C=O) groups is 2. The van der Waals surface area contributed by atoms with Crippen molar-refractivity contribution in [3.05, 3.63) is 29.8 Å². The highest BCUT2D eigenvalue weighted by molar-refractivity contribution is 8.00. The summed E-state index contributed by atoms with van der Waals surface area (Å²) >= 11 is 1.11. The minimum atomic E-state index is -0.949. The number of aliphatic carboxylic acids is 1. The van der Waals surface area contributed by atoms with Crippen molar-refractivity contribution in [3.8, 4) is 0 Å². The first-order valence-corrected chi connectivity index (χ1v) is 7.99. The lowest BCUT2D eigenvalue weighted by Gasteiger charge is -2.37. The fourth-order valence-electron chi connectivity index (χ4n) is 2.62. The van der Waals surface area contributed by atoms with E-state index in [4.69, 9.17) is 5.11 Å². The van der Waals surface area contributed by atoms with Crippen LogP contribution < -0.4 is 0 Å². The number of carbonyl (C=O) groups excluding carboxylic acids is 1. The zero-order valence-corrected chi connectivity index (χ0v) is 12.9. The van der Waals surface area contributed by atoms with Gasteiger partial charge in [0.1, 0.15) is 0 Å². The van der Waals surface area contributed by atoms with Crippen LogP contribution in [0.5, 0.6) is 0 Å². The molecule has 1 aliphatic rings. The summed E-state index contributed by atoms with van der Waals surface area (Å²) in [6.07, 6.45) is 1.22. The molecule has 1 fully saturated rings. The Morgan fingerprint density at radius 1 is 1.36 bits per heavy atom. The van der Waals surface area contributed by atoms with E-state index in [1.54, 1.807) is 11.8 Å². The molecular weight excluding hydrogens is 312 g/mol. The maximum Gasteiger partial charge on any atom is 0.308 e. The summed E-state index contributed by atoms with van der Waals surface area (Å²) < 4.78 is 26.0. The lowest BCUT2D eigenvalue weighted by Crippen LogP contribution is -2.49. The molecule has 0 aromatic heterocycles. The van der Waals surface area contributed by atoms with Gasteiger partial charge in [0.15, 0.2) is 11.6 Å². The molecule has 120 valence electrons. The second kappa shape index (κ2) is 7.09. The molecule has 0 spiro atoms. The number of halogens is 2. The smallest absolute Gasteiger partial charge is 0.308 e. The van der Waals surface area contributed by atoms with Crippen molar-refractivity contribution >= 4 is 23.6 Å². The molecule has 2 atom stereocenters. The number of benzene rings is 1. The molecule has 1 saturated heterocycles. The number of hydrogen-bond acceptors (Lipinski definition) is 3. The second-order valence-electron chi connectivity index (χ2n) is 5.28.